The van der Waals surface area contributed by atoms with Gasteiger partial charge in [-0.2, -0.15) is 5.10 Å². The molecule has 240 valence electrons. The van der Waals surface area contributed by atoms with E-state index in [2.05, 4.69) is 25.6 Å². The van der Waals surface area contributed by atoms with E-state index < -0.39 is 17.5 Å². The van der Waals surface area contributed by atoms with Crippen molar-refractivity contribution in [1.82, 2.24) is 29.5 Å². The standard InChI is InChI=1S/C30H44N8O6/c1-6-38-23(17-20(2)35-38)27(40)33-28-32-22-18-21(26(31)39)19-24(43-13-7-9-36-11-15-42-16-12-36)25(22)37(28)10-8-14-44-29(41)34-30(3,4)5/h17-19H,6-16H2,1-5H3,(H2,31,39)(H,34,41)(H,32,33,40). The second-order valence-electron chi connectivity index (χ2n) is 11.8. The van der Waals surface area contributed by atoms with E-state index in [-0.39, 0.29) is 24.0 Å². The Labute approximate surface area is 257 Å². The second-order valence-corrected chi connectivity index (χ2v) is 11.8. The van der Waals surface area contributed by atoms with Gasteiger partial charge >= 0.3 is 6.09 Å². The summed E-state index contributed by atoms with van der Waals surface area (Å²) in [6.07, 6.45) is 0.670. The molecule has 2 aromatic heterocycles. The number of alkyl carbamates (subject to hydrolysis) is 1. The van der Waals surface area contributed by atoms with E-state index >= 15 is 0 Å². The molecule has 14 nitrogen and oxygen atoms in total. The first-order valence-corrected chi connectivity index (χ1v) is 15.0. The summed E-state index contributed by atoms with van der Waals surface area (Å²) in [5.74, 6) is -0.323. The number of hydrogen-bond donors (Lipinski definition) is 3. The predicted octanol–water partition coefficient (Wildman–Crippen LogP) is 2.93. The lowest BCUT2D eigenvalue weighted by atomic mass is 10.1. The van der Waals surface area contributed by atoms with Crippen LogP contribution in [-0.2, 0) is 22.6 Å². The van der Waals surface area contributed by atoms with E-state index in [1.165, 1.54) is 0 Å². The molecule has 0 spiro atoms. The monoisotopic (exact) mass is 612 g/mol. The molecule has 4 rings (SSSR count). The molecule has 3 heterocycles. The summed E-state index contributed by atoms with van der Waals surface area (Å²) in [7, 11) is 0. The number of nitrogens with one attached hydrogen (secondary N) is 2. The van der Waals surface area contributed by atoms with Crippen LogP contribution in [0.25, 0.3) is 11.0 Å². The highest BCUT2D eigenvalue weighted by Crippen LogP contribution is 2.31. The molecule has 0 saturated carbocycles. The molecule has 1 aliphatic heterocycles. The van der Waals surface area contributed by atoms with Gasteiger partial charge in [0.25, 0.3) is 5.91 Å². The summed E-state index contributed by atoms with van der Waals surface area (Å²) >= 11 is 0. The number of ether oxygens (including phenoxy) is 3. The highest BCUT2D eigenvalue weighted by atomic mass is 16.5. The van der Waals surface area contributed by atoms with Gasteiger partial charge in [0.1, 0.15) is 17.0 Å². The normalized spacial score (nSPS) is 14.0. The summed E-state index contributed by atoms with van der Waals surface area (Å²) < 4.78 is 20.5. The smallest absolute Gasteiger partial charge is 0.407 e. The molecule has 3 aromatic rings. The summed E-state index contributed by atoms with van der Waals surface area (Å²) in [6.45, 7) is 14.8. The van der Waals surface area contributed by atoms with Crippen LogP contribution in [0, 0.1) is 6.92 Å². The van der Waals surface area contributed by atoms with Crippen molar-refractivity contribution in [2.45, 2.75) is 66.1 Å². The van der Waals surface area contributed by atoms with Crippen LogP contribution in [0.3, 0.4) is 0 Å². The van der Waals surface area contributed by atoms with Crippen molar-refractivity contribution in [2.24, 2.45) is 5.73 Å². The van der Waals surface area contributed by atoms with Gasteiger partial charge in [-0.3, -0.25) is 24.5 Å². The average molecular weight is 613 g/mol. The number of anilines is 1. The molecular weight excluding hydrogens is 568 g/mol. The van der Waals surface area contributed by atoms with Crippen LogP contribution >= 0.6 is 0 Å². The van der Waals surface area contributed by atoms with Crippen LogP contribution in [0.15, 0.2) is 18.2 Å². The van der Waals surface area contributed by atoms with E-state index in [0.29, 0.717) is 48.6 Å². The minimum Gasteiger partial charge on any atom is -0.491 e. The van der Waals surface area contributed by atoms with E-state index in [1.54, 1.807) is 27.4 Å². The zero-order valence-corrected chi connectivity index (χ0v) is 26.3. The maximum atomic E-state index is 13.4. The largest absolute Gasteiger partial charge is 0.491 e. The molecule has 0 atom stereocenters. The Morgan fingerprint density at radius 2 is 1.80 bits per heavy atom. The van der Waals surface area contributed by atoms with Crippen molar-refractivity contribution in [3.63, 3.8) is 0 Å². The van der Waals surface area contributed by atoms with Gasteiger partial charge in [-0.05, 0) is 65.7 Å². The summed E-state index contributed by atoms with van der Waals surface area (Å²) in [6, 6.07) is 4.89. The summed E-state index contributed by atoms with van der Waals surface area (Å²) in [4.78, 5) is 44.8. The van der Waals surface area contributed by atoms with Crippen molar-refractivity contribution >= 4 is 34.9 Å². The molecule has 1 aromatic carbocycles. The minimum atomic E-state index is -0.620. The second kappa shape index (κ2) is 14.5. The van der Waals surface area contributed by atoms with Crippen LogP contribution in [0.4, 0.5) is 10.7 Å². The number of amides is 3. The van der Waals surface area contributed by atoms with Gasteiger partial charge in [0, 0.05) is 43.8 Å². The molecule has 1 saturated heterocycles. The first-order valence-electron chi connectivity index (χ1n) is 15.0. The van der Waals surface area contributed by atoms with Crippen molar-refractivity contribution in [2.75, 3.05) is 51.4 Å². The number of benzene rings is 1. The van der Waals surface area contributed by atoms with Crippen LogP contribution in [0.2, 0.25) is 0 Å². The molecule has 0 bridgehead atoms. The first kappa shape index (κ1) is 32.7. The van der Waals surface area contributed by atoms with E-state index in [1.807, 2.05) is 34.6 Å². The third-order valence-corrected chi connectivity index (χ3v) is 6.97. The minimum absolute atomic E-state index is 0.131. The molecular formula is C30H44N8O6. The number of morpholine rings is 1. The number of aryl methyl sites for hydroxylation is 3. The molecule has 4 N–H and O–H groups in total. The maximum absolute atomic E-state index is 13.4. The fraction of sp³-hybridized carbons (Fsp3) is 0.567. The SMILES string of the molecule is CCn1nc(C)cc1C(=O)Nc1nc2cc(C(N)=O)cc(OCCCN3CCOCC3)c2n1CCCOC(=O)NC(C)(C)C. The molecule has 1 aliphatic rings. The number of carbonyl (C=O) groups is 3. The summed E-state index contributed by atoms with van der Waals surface area (Å²) in [5, 5.41) is 10.1. The van der Waals surface area contributed by atoms with Crippen molar-refractivity contribution < 1.29 is 28.6 Å². The quantitative estimate of drug-likeness (QED) is 0.246. The zero-order valence-electron chi connectivity index (χ0n) is 26.3. The Morgan fingerprint density at radius 1 is 1.07 bits per heavy atom. The molecule has 1 fully saturated rings. The van der Waals surface area contributed by atoms with Crippen LogP contribution in [0.1, 0.15) is 67.1 Å². The fourth-order valence-corrected chi connectivity index (χ4v) is 4.96. The number of carbonyl (C=O) groups excluding carboxylic acids is 3. The number of fused-ring (bicyclic) bond motifs is 1. The number of primary amides is 1. The van der Waals surface area contributed by atoms with Gasteiger partial charge in [-0.15, -0.1) is 0 Å². The van der Waals surface area contributed by atoms with Crippen LogP contribution in [-0.4, -0.2) is 93.7 Å². The number of hydrogen-bond acceptors (Lipinski definition) is 9. The molecule has 0 unspecified atom stereocenters. The Bertz CT molecular complexity index is 1470. The number of nitrogens with two attached hydrogens (primary N) is 1. The zero-order chi connectivity index (χ0) is 31.9. The topological polar surface area (TPSA) is 168 Å². The van der Waals surface area contributed by atoms with E-state index in [4.69, 9.17) is 19.9 Å². The van der Waals surface area contributed by atoms with Crippen LogP contribution in [0.5, 0.6) is 5.75 Å². The molecule has 3 amide bonds. The average Bonchev–Trinajstić information content (AvgIpc) is 3.52. The lowest BCUT2D eigenvalue weighted by molar-refractivity contribution is 0.0358. The van der Waals surface area contributed by atoms with E-state index in [9.17, 15) is 14.4 Å². The highest BCUT2D eigenvalue weighted by molar-refractivity contribution is 6.04. The number of imidazole rings is 1. The Balaban J connectivity index is 1.61. The Hall–Kier alpha value is -4.17. The van der Waals surface area contributed by atoms with Crippen molar-refractivity contribution in [3.8, 4) is 5.75 Å². The predicted molar refractivity (Wildman–Crippen MR) is 165 cm³/mol. The van der Waals surface area contributed by atoms with Gasteiger partial charge in [0.05, 0.1) is 37.6 Å². The lowest BCUT2D eigenvalue weighted by Gasteiger charge is -2.26. The van der Waals surface area contributed by atoms with Crippen LogP contribution < -0.4 is 21.1 Å². The Kier molecular flexibility index (Phi) is 10.8. The van der Waals surface area contributed by atoms with Gasteiger partial charge in [-0.1, -0.05) is 0 Å². The van der Waals surface area contributed by atoms with Gasteiger partial charge in [0.2, 0.25) is 11.9 Å². The van der Waals surface area contributed by atoms with Gasteiger partial charge < -0.3 is 29.8 Å². The third kappa shape index (κ3) is 8.69. The van der Waals surface area contributed by atoms with Crippen molar-refractivity contribution in [3.05, 3.63) is 35.2 Å². The number of aromatic nitrogens is 4. The number of nitrogens with zero attached hydrogens (tertiary/aromatic N) is 5. The lowest BCUT2D eigenvalue weighted by Crippen LogP contribution is -2.41. The van der Waals surface area contributed by atoms with Gasteiger partial charge in [0.15, 0.2) is 0 Å². The molecule has 14 heteroatoms. The number of rotatable bonds is 13. The molecule has 0 radical (unpaired) electrons. The fourth-order valence-electron chi connectivity index (χ4n) is 4.96. The summed E-state index contributed by atoms with van der Waals surface area (Å²) in [5.41, 5.74) is 7.60. The van der Waals surface area contributed by atoms with Crippen molar-refractivity contribution in [1.29, 1.82) is 0 Å². The maximum Gasteiger partial charge on any atom is 0.407 e. The highest BCUT2D eigenvalue weighted by Gasteiger charge is 2.22. The molecule has 44 heavy (non-hydrogen) atoms. The van der Waals surface area contributed by atoms with Gasteiger partial charge in [-0.25, -0.2) is 9.78 Å². The van der Waals surface area contributed by atoms with E-state index in [0.717, 1.165) is 45.0 Å². The first-order chi connectivity index (χ1) is 20.9. The third-order valence-electron chi connectivity index (χ3n) is 6.97. The molecule has 0 aliphatic carbocycles. The Morgan fingerprint density at radius 3 is 2.48 bits per heavy atom.